The van der Waals surface area contributed by atoms with E-state index in [2.05, 4.69) is 20.8 Å². The number of hydrogen-bond donors (Lipinski definition) is 2. The summed E-state index contributed by atoms with van der Waals surface area (Å²) in [5.74, 6) is -0.846. The number of nitrogens with one attached hydrogen (secondary N) is 1. The van der Waals surface area contributed by atoms with Crippen molar-refractivity contribution in [1.29, 1.82) is 0 Å². The Kier molecular flexibility index (Phi) is 7.80. The van der Waals surface area contributed by atoms with Crippen LogP contribution in [0.1, 0.15) is 34.6 Å². The Labute approximate surface area is 202 Å². The van der Waals surface area contributed by atoms with Gasteiger partial charge in [-0.2, -0.15) is 0 Å². The molecular formula is C26H25N5O4. The van der Waals surface area contributed by atoms with Crippen LogP contribution in [0.4, 0.5) is 4.79 Å². The molecule has 3 aromatic carbocycles. The van der Waals surface area contributed by atoms with Crippen LogP contribution >= 0.6 is 0 Å². The largest absolute Gasteiger partial charge is 0.480 e. The highest BCUT2D eigenvalue weighted by molar-refractivity contribution is 5.72. The van der Waals surface area contributed by atoms with Crippen LogP contribution in [0.5, 0.6) is 0 Å². The molecule has 1 heterocycles. The van der Waals surface area contributed by atoms with Crippen molar-refractivity contribution in [3.8, 4) is 0 Å². The van der Waals surface area contributed by atoms with Crippen molar-refractivity contribution < 1.29 is 19.4 Å². The van der Waals surface area contributed by atoms with E-state index in [0.717, 1.165) is 16.7 Å². The molecule has 0 radical (unpaired) electrons. The summed E-state index contributed by atoms with van der Waals surface area (Å²) in [6.45, 7) is 0.0986. The summed E-state index contributed by atoms with van der Waals surface area (Å²) in [6.07, 6.45) is -0.122. The van der Waals surface area contributed by atoms with Crippen molar-refractivity contribution in [3.05, 3.63) is 114 Å². The molecule has 1 aromatic heterocycles. The number of aliphatic carboxylic acids is 1. The number of carboxylic acids is 1. The van der Waals surface area contributed by atoms with Crippen LogP contribution < -0.4 is 5.32 Å². The Morgan fingerprint density at radius 2 is 1.37 bits per heavy atom. The Balaban J connectivity index is 1.57. The molecule has 0 aliphatic carbocycles. The third kappa shape index (κ3) is 6.50. The standard InChI is InChI=1S/C26H25N5O4/c32-25(33)23(17-20-12-6-2-7-13-20)31-24(28-29-30-31)22(16-19-10-4-1-5-11-19)27-26(34)35-18-21-14-8-3-9-15-21/h1-15,22-23H,16-18H2,(H,27,34)(H,32,33)/t22-,23?/m0/s1. The first-order valence-corrected chi connectivity index (χ1v) is 11.2. The second-order valence-corrected chi connectivity index (χ2v) is 7.97. The highest BCUT2D eigenvalue weighted by atomic mass is 16.5. The highest BCUT2D eigenvalue weighted by Gasteiger charge is 2.30. The van der Waals surface area contributed by atoms with Crippen LogP contribution in [0, 0.1) is 0 Å². The van der Waals surface area contributed by atoms with Crippen LogP contribution in [0.15, 0.2) is 91.0 Å². The molecule has 35 heavy (non-hydrogen) atoms. The van der Waals surface area contributed by atoms with E-state index in [1.807, 2.05) is 91.0 Å². The average Bonchev–Trinajstić information content (AvgIpc) is 3.37. The number of nitrogens with zero attached hydrogens (tertiary/aromatic N) is 4. The molecule has 0 fully saturated rings. The van der Waals surface area contributed by atoms with E-state index >= 15 is 0 Å². The van der Waals surface area contributed by atoms with Gasteiger partial charge in [0.25, 0.3) is 0 Å². The molecule has 2 atom stereocenters. The number of carboxylic acid groups (broad SMARTS) is 1. The third-order valence-corrected chi connectivity index (χ3v) is 5.47. The highest BCUT2D eigenvalue weighted by Crippen LogP contribution is 2.22. The van der Waals surface area contributed by atoms with E-state index in [-0.39, 0.29) is 18.9 Å². The monoisotopic (exact) mass is 471 g/mol. The quantitative estimate of drug-likeness (QED) is 0.361. The van der Waals surface area contributed by atoms with Crippen molar-refractivity contribution in [2.24, 2.45) is 0 Å². The first-order valence-electron chi connectivity index (χ1n) is 11.2. The predicted octanol–water partition coefficient (Wildman–Crippen LogP) is 3.75. The van der Waals surface area contributed by atoms with Crippen molar-refractivity contribution in [3.63, 3.8) is 0 Å². The fraction of sp³-hybridized carbons (Fsp3) is 0.192. The van der Waals surface area contributed by atoms with Gasteiger partial charge in [-0.05, 0) is 27.1 Å². The topological polar surface area (TPSA) is 119 Å². The fourth-order valence-electron chi connectivity index (χ4n) is 3.73. The number of amides is 1. The predicted molar refractivity (Wildman–Crippen MR) is 127 cm³/mol. The molecule has 0 saturated carbocycles. The van der Waals surface area contributed by atoms with E-state index in [9.17, 15) is 14.7 Å². The molecule has 1 unspecified atom stereocenters. The lowest BCUT2D eigenvalue weighted by Crippen LogP contribution is -2.34. The van der Waals surface area contributed by atoms with E-state index in [1.54, 1.807) is 0 Å². The molecular weight excluding hydrogens is 446 g/mol. The summed E-state index contributed by atoms with van der Waals surface area (Å²) < 4.78 is 6.66. The zero-order valence-electron chi connectivity index (χ0n) is 18.9. The molecule has 178 valence electrons. The van der Waals surface area contributed by atoms with Gasteiger partial charge in [-0.15, -0.1) is 5.10 Å². The summed E-state index contributed by atoms with van der Waals surface area (Å²) in [7, 11) is 0. The van der Waals surface area contributed by atoms with Crippen LogP contribution in [-0.2, 0) is 29.0 Å². The number of aromatic nitrogens is 4. The maximum absolute atomic E-state index is 12.7. The summed E-state index contributed by atoms with van der Waals surface area (Å²) in [5, 5.41) is 24.6. The number of ether oxygens (including phenoxy) is 1. The van der Waals surface area contributed by atoms with Gasteiger partial charge in [-0.1, -0.05) is 91.0 Å². The molecule has 0 spiro atoms. The average molecular weight is 472 g/mol. The Hall–Kier alpha value is -4.53. The number of carbonyl (C=O) groups is 2. The molecule has 2 N–H and O–H groups in total. The minimum Gasteiger partial charge on any atom is -0.480 e. The van der Waals surface area contributed by atoms with Gasteiger partial charge in [0.2, 0.25) is 0 Å². The summed E-state index contributed by atoms with van der Waals surface area (Å²) >= 11 is 0. The Morgan fingerprint density at radius 3 is 1.94 bits per heavy atom. The third-order valence-electron chi connectivity index (χ3n) is 5.47. The van der Waals surface area contributed by atoms with Crippen LogP contribution in [0.25, 0.3) is 0 Å². The van der Waals surface area contributed by atoms with Gasteiger partial charge >= 0.3 is 12.1 Å². The first-order chi connectivity index (χ1) is 17.1. The SMILES string of the molecule is O=C(N[C@@H](Cc1ccccc1)c1nnnn1C(Cc1ccccc1)C(=O)O)OCc1ccccc1. The van der Waals surface area contributed by atoms with Crippen LogP contribution in [0.3, 0.4) is 0 Å². The lowest BCUT2D eigenvalue weighted by atomic mass is 10.0. The van der Waals surface area contributed by atoms with E-state index in [0.29, 0.717) is 6.42 Å². The summed E-state index contributed by atoms with van der Waals surface area (Å²) in [5.41, 5.74) is 2.60. The second kappa shape index (κ2) is 11.6. The molecule has 0 aliphatic heterocycles. The van der Waals surface area contributed by atoms with Crippen LogP contribution in [-0.4, -0.2) is 37.4 Å². The van der Waals surface area contributed by atoms with Gasteiger partial charge in [-0.25, -0.2) is 14.3 Å². The van der Waals surface area contributed by atoms with Crippen molar-refractivity contribution >= 4 is 12.1 Å². The van der Waals surface area contributed by atoms with Crippen molar-refractivity contribution in [1.82, 2.24) is 25.5 Å². The minimum absolute atomic E-state index is 0.0986. The van der Waals surface area contributed by atoms with Crippen LogP contribution in [0.2, 0.25) is 0 Å². The number of rotatable bonds is 10. The Morgan fingerprint density at radius 1 is 0.829 bits per heavy atom. The van der Waals surface area contributed by atoms with E-state index in [4.69, 9.17) is 4.74 Å². The van der Waals surface area contributed by atoms with Gasteiger partial charge in [0, 0.05) is 12.8 Å². The molecule has 9 nitrogen and oxygen atoms in total. The molecule has 1 amide bonds. The Bertz CT molecular complexity index is 1230. The molecule has 4 aromatic rings. The zero-order chi connectivity index (χ0) is 24.5. The summed E-state index contributed by atoms with van der Waals surface area (Å²) in [4.78, 5) is 24.9. The molecule has 9 heteroatoms. The van der Waals surface area contributed by atoms with Gasteiger partial charge in [0.15, 0.2) is 11.9 Å². The molecule has 4 rings (SSSR count). The number of hydrogen-bond acceptors (Lipinski definition) is 6. The maximum atomic E-state index is 12.7. The normalized spacial score (nSPS) is 12.5. The molecule has 0 aliphatic rings. The second-order valence-electron chi connectivity index (χ2n) is 7.97. The summed E-state index contributed by atoms with van der Waals surface area (Å²) in [6, 6.07) is 26.3. The van der Waals surface area contributed by atoms with Gasteiger partial charge in [-0.3, -0.25) is 0 Å². The maximum Gasteiger partial charge on any atom is 0.408 e. The number of carbonyl (C=O) groups excluding carboxylic acids is 1. The number of tetrazole rings is 1. The number of benzene rings is 3. The minimum atomic E-state index is -1.08. The lowest BCUT2D eigenvalue weighted by Gasteiger charge is -2.21. The number of alkyl carbamates (subject to hydrolysis) is 1. The fourth-order valence-corrected chi connectivity index (χ4v) is 3.73. The van der Waals surface area contributed by atoms with Gasteiger partial charge < -0.3 is 15.2 Å². The van der Waals surface area contributed by atoms with E-state index in [1.165, 1.54) is 4.68 Å². The first kappa shape index (κ1) is 23.6. The smallest absolute Gasteiger partial charge is 0.408 e. The van der Waals surface area contributed by atoms with Crippen molar-refractivity contribution in [2.45, 2.75) is 31.5 Å². The zero-order valence-corrected chi connectivity index (χ0v) is 18.9. The molecule has 0 saturated heterocycles. The van der Waals surface area contributed by atoms with Gasteiger partial charge in [0.1, 0.15) is 6.61 Å². The van der Waals surface area contributed by atoms with Crippen molar-refractivity contribution in [2.75, 3.05) is 0 Å². The van der Waals surface area contributed by atoms with Gasteiger partial charge in [0.05, 0.1) is 6.04 Å². The lowest BCUT2D eigenvalue weighted by molar-refractivity contribution is -0.141. The molecule has 0 bridgehead atoms. The van der Waals surface area contributed by atoms with E-state index < -0.39 is 24.1 Å².